The van der Waals surface area contributed by atoms with Gasteiger partial charge in [0.15, 0.2) is 0 Å². The van der Waals surface area contributed by atoms with Crippen LogP contribution in [0.15, 0.2) is 77.9 Å². The molecule has 0 aliphatic carbocycles. The predicted molar refractivity (Wildman–Crippen MR) is 111 cm³/mol. The number of hydrogen-bond acceptors (Lipinski definition) is 5. The first-order valence-electron chi connectivity index (χ1n) is 8.58. The number of hydrazone groups is 1. The summed E-state index contributed by atoms with van der Waals surface area (Å²) in [6, 6.07) is 20.0. The van der Waals surface area contributed by atoms with E-state index in [-0.39, 0.29) is 18.1 Å². The third-order valence-corrected chi connectivity index (χ3v) is 3.95. The van der Waals surface area contributed by atoms with Crippen LogP contribution in [0.25, 0.3) is 16.8 Å². The van der Waals surface area contributed by atoms with Crippen LogP contribution in [-0.4, -0.2) is 23.6 Å². The van der Waals surface area contributed by atoms with E-state index in [2.05, 4.69) is 15.8 Å². The van der Waals surface area contributed by atoms with Gasteiger partial charge in [-0.1, -0.05) is 54.6 Å². The fourth-order valence-electron chi connectivity index (χ4n) is 2.64. The van der Waals surface area contributed by atoms with Gasteiger partial charge in [-0.05, 0) is 23.1 Å². The molecule has 0 bridgehead atoms. The summed E-state index contributed by atoms with van der Waals surface area (Å²) in [6.07, 6.45) is 4.67. The van der Waals surface area contributed by atoms with Crippen molar-refractivity contribution in [3.05, 3.63) is 88.5 Å². The van der Waals surface area contributed by atoms with Crippen LogP contribution in [0.2, 0.25) is 0 Å². The largest absolute Gasteiger partial charge is 0.376 e. The maximum Gasteiger partial charge on any atom is 0.270 e. The Morgan fingerprint density at radius 1 is 1.07 bits per heavy atom. The van der Waals surface area contributed by atoms with E-state index >= 15 is 0 Å². The van der Waals surface area contributed by atoms with Gasteiger partial charge in [0, 0.05) is 29.4 Å². The first kappa shape index (κ1) is 18.8. The molecule has 0 spiro atoms. The number of amides is 1. The van der Waals surface area contributed by atoms with Gasteiger partial charge < -0.3 is 5.32 Å². The van der Waals surface area contributed by atoms with E-state index in [1.807, 2.05) is 42.5 Å². The molecule has 0 fully saturated rings. The molecule has 0 aliphatic heterocycles. The second kappa shape index (κ2) is 9.09. The van der Waals surface area contributed by atoms with Crippen LogP contribution >= 0.6 is 0 Å². The average Bonchev–Trinajstić information content (AvgIpc) is 2.72. The molecule has 0 aromatic heterocycles. The van der Waals surface area contributed by atoms with Crippen molar-refractivity contribution in [3.8, 4) is 0 Å². The van der Waals surface area contributed by atoms with Crippen LogP contribution in [0, 0.1) is 10.1 Å². The Morgan fingerprint density at radius 2 is 1.86 bits per heavy atom. The Hall–Kier alpha value is -4.00. The highest BCUT2D eigenvalue weighted by Gasteiger charge is 2.04. The lowest BCUT2D eigenvalue weighted by Gasteiger charge is -2.08. The summed E-state index contributed by atoms with van der Waals surface area (Å²) in [7, 11) is 0. The van der Waals surface area contributed by atoms with Gasteiger partial charge in [-0.25, -0.2) is 5.43 Å². The number of benzene rings is 3. The number of nitro benzene ring substituents is 1. The lowest BCUT2D eigenvalue weighted by Crippen LogP contribution is -2.25. The van der Waals surface area contributed by atoms with Gasteiger partial charge in [-0.2, -0.15) is 5.10 Å². The number of nitrogens with zero attached hydrogens (tertiary/aromatic N) is 2. The summed E-state index contributed by atoms with van der Waals surface area (Å²) >= 11 is 0. The van der Waals surface area contributed by atoms with Crippen LogP contribution in [0.5, 0.6) is 0 Å². The van der Waals surface area contributed by atoms with Crippen LogP contribution < -0.4 is 10.7 Å². The smallest absolute Gasteiger partial charge is 0.270 e. The first-order chi connectivity index (χ1) is 13.6. The summed E-state index contributed by atoms with van der Waals surface area (Å²) in [4.78, 5) is 22.2. The van der Waals surface area contributed by atoms with Gasteiger partial charge in [0.2, 0.25) is 0 Å². The Kier molecular flexibility index (Phi) is 6.10. The molecule has 140 valence electrons. The first-order valence-corrected chi connectivity index (χ1v) is 8.58. The zero-order valence-corrected chi connectivity index (χ0v) is 14.9. The fraction of sp³-hybridized carbons (Fsp3) is 0.0476. The van der Waals surface area contributed by atoms with Gasteiger partial charge >= 0.3 is 0 Å². The second-order valence-electron chi connectivity index (χ2n) is 5.90. The summed E-state index contributed by atoms with van der Waals surface area (Å²) in [6.45, 7) is 0.0833. The molecule has 0 atom stereocenters. The predicted octanol–water partition coefficient (Wildman–Crippen LogP) is 3.98. The molecule has 1 amide bonds. The molecule has 3 aromatic carbocycles. The Bertz CT molecular complexity index is 1050. The highest BCUT2D eigenvalue weighted by molar-refractivity contribution is 5.95. The van der Waals surface area contributed by atoms with Crippen molar-refractivity contribution < 1.29 is 9.72 Å². The third-order valence-electron chi connectivity index (χ3n) is 3.95. The third kappa shape index (κ3) is 5.01. The number of carbonyl (C=O) groups is 1. The van der Waals surface area contributed by atoms with E-state index in [1.165, 1.54) is 18.3 Å². The summed E-state index contributed by atoms with van der Waals surface area (Å²) in [5.74, 6) is -0.284. The molecular formula is C21H18N4O3. The fourth-order valence-corrected chi connectivity index (χ4v) is 2.64. The number of nitro groups is 1. The van der Waals surface area contributed by atoms with Crippen LogP contribution in [0.1, 0.15) is 5.56 Å². The van der Waals surface area contributed by atoms with Crippen molar-refractivity contribution in [2.24, 2.45) is 5.10 Å². The summed E-state index contributed by atoms with van der Waals surface area (Å²) in [5.41, 5.74) is 3.99. The number of fused-ring (bicyclic) bond motifs is 1. The minimum absolute atomic E-state index is 0.0203. The number of carbonyl (C=O) groups excluding carboxylic acids is 1. The van der Waals surface area contributed by atoms with E-state index in [9.17, 15) is 14.9 Å². The Balaban J connectivity index is 1.50. The van der Waals surface area contributed by atoms with Crippen molar-refractivity contribution in [3.63, 3.8) is 0 Å². The number of rotatable bonds is 7. The molecule has 0 unspecified atom stereocenters. The zero-order chi connectivity index (χ0) is 19.8. The van der Waals surface area contributed by atoms with Gasteiger partial charge in [0.05, 0.1) is 11.5 Å². The molecule has 0 saturated heterocycles. The van der Waals surface area contributed by atoms with E-state index in [0.29, 0.717) is 5.56 Å². The van der Waals surface area contributed by atoms with Crippen LogP contribution in [0.3, 0.4) is 0 Å². The van der Waals surface area contributed by atoms with Crippen LogP contribution in [0.4, 0.5) is 11.4 Å². The van der Waals surface area contributed by atoms with Gasteiger partial charge in [0.25, 0.3) is 11.6 Å². The molecule has 3 aromatic rings. The lowest BCUT2D eigenvalue weighted by molar-refractivity contribution is -0.384. The van der Waals surface area contributed by atoms with Crippen molar-refractivity contribution in [2.75, 3.05) is 11.9 Å². The molecular weight excluding hydrogens is 356 g/mol. The molecule has 0 saturated carbocycles. The average molecular weight is 374 g/mol. The Labute approximate surface area is 161 Å². The van der Waals surface area contributed by atoms with Gasteiger partial charge in [-0.15, -0.1) is 0 Å². The maximum absolute atomic E-state index is 11.9. The highest BCUT2D eigenvalue weighted by Crippen LogP contribution is 2.22. The minimum Gasteiger partial charge on any atom is -0.376 e. The van der Waals surface area contributed by atoms with E-state index in [4.69, 9.17) is 0 Å². The molecule has 0 radical (unpaired) electrons. The normalized spacial score (nSPS) is 11.1. The number of allylic oxidation sites excluding steroid dienone is 1. The Morgan fingerprint density at radius 3 is 2.71 bits per heavy atom. The lowest BCUT2D eigenvalue weighted by atomic mass is 10.1. The summed E-state index contributed by atoms with van der Waals surface area (Å²) < 4.78 is 0. The SMILES string of the molecule is O=C(CNc1cccc2ccccc12)N/N=C\C=C\c1cccc([N+](=O)[O-])c1. The van der Waals surface area contributed by atoms with Crippen molar-refractivity contribution >= 4 is 40.3 Å². The van der Waals surface area contributed by atoms with E-state index < -0.39 is 4.92 Å². The van der Waals surface area contributed by atoms with E-state index in [0.717, 1.165) is 16.5 Å². The molecule has 2 N–H and O–H groups in total. The molecule has 28 heavy (non-hydrogen) atoms. The topological polar surface area (TPSA) is 96.6 Å². The number of hydrogen-bond donors (Lipinski definition) is 2. The van der Waals surface area contributed by atoms with Crippen molar-refractivity contribution in [1.82, 2.24) is 5.43 Å². The zero-order valence-electron chi connectivity index (χ0n) is 14.9. The quantitative estimate of drug-likeness (QED) is 0.371. The number of nitrogens with one attached hydrogen (secondary N) is 2. The summed E-state index contributed by atoms with van der Waals surface area (Å²) in [5, 5.41) is 19.8. The maximum atomic E-state index is 11.9. The second-order valence-corrected chi connectivity index (χ2v) is 5.90. The monoisotopic (exact) mass is 374 g/mol. The van der Waals surface area contributed by atoms with Gasteiger partial charge in [-0.3, -0.25) is 14.9 Å². The molecule has 0 aliphatic rings. The number of non-ortho nitro benzene ring substituents is 1. The standard InChI is InChI=1S/C21H18N4O3/c26-21(15-22-20-12-4-9-17-8-1-2-11-19(17)20)24-23-13-5-7-16-6-3-10-18(14-16)25(27)28/h1-14,22H,15H2,(H,24,26)/b7-5+,23-13-. The molecule has 3 rings (SSSR count). The molecule has 7 nitrogen and oxygen atoms in total. The molecule has 0 heterocycles. The van der Waals surface area contributed by atoms with E-state index in [1.54, 1.807) is 24.3 Å². The van der Waals surface area contributed by atoms with Gasteiger partial charge in [0.1, 0.15) is 0 Å². The minimum atomic E-state index is -0.450. The molecule has 7 heteroatoms. The van der Waals surface area contributed by atoms with Crippen LogP contribution in [-0.2, 0) is 4.79 Å². The highest BCUT2D eigenvalue weighted by atomic mass is 16.6. The number of anilines is 1. The van der Waals surface area contributed by atoms with Crippen molar-refractivity contribution in [1.29, 1.82) is 0 Å². The van der Waals surface area contributed by atoms with Crippen molar-refractivity contribution in [2.45, 2.75) is 0 Å².